The normalized spacial score (nSPS) is 14.7. The Kier molecular flexibility index (Phi) is 6.39. The molecule has 1 aliphatic rings. The van der Waals surface area contributed by atoms with Crippen molar-refractivity contribution in [1.29, 1.82) is 0 Å². The van der Waals surface area contributed by atoms with E-state index < -0.39 is 0 Å². The second-order valence-electron chi connectivity index (χ2n) is 6.22. The number of rotatable bonds is 5. The number of ether oxygens (including phenoxy) is 2. The predicted molar refractivity (Wildman–Crippen MR) is 102 cm³/mol. The van der Waals surface area contributed by atoms with E-state index in [4.69, 9.17) is 13.9 Å². The minimum atomic E-state index is -0.333. The molecular weight excluding hydrogens is 416 g/mol. The van der Waals surface area contributed by atoms with E-state index >= 15 is 0 Å². The van der Waals surface area contributed by atoms with E-state index in [2.05, 4.69) is 21.2 Å². The third-order valence-corrected chi connectivity index (χ3v) is 4.82. The maximum atomic E-state index is 12.4. The van der Waals surface area contributed by atoms with Gasteiger partial charge in [0.25, 0.3) is 5.91 Å². The van der Waals surface area contributed by atoms with Gasteiger partial charge in [-0.05, 0) is 43.2 Å². The fourth-order valence-corrected chi connectivity index (χ4v) is 3.26. The zero-order chi connectivity index (χ0) is 19.2. The van der Waals surface area contributed by atoms with E-state index in [1.54, 1.807) is 17.0 Å². The molecule has 0 spiro atoms. The van der Waals surface area contributed by atoms with Crippen LogP contribution in [0.25, 0.3) is 0 Å². The minimum absolute atomic E-state index is 0.00451. The molecule has 0 saturated carbocycles. The smallest absolute Gasteiger partial charge is 0.409 e. The first kappa shape index (κ1) is 19.3. The van der Waals surface area contributed by atoms with Gasteiger partial charge in [-0.1, -0.05) is 22.0 Å². The molecule has 0 aliphatic carbocycles. The number of hydrogen-bond acceptors (Lipinski definition) is 5. The van der Waals surface area contributed by atoms with Gasteiger partial charge in [-0.3, -0.25) is 4.79 Å². The van der Waals surface area contributed by atoms with Crippen LogP contribution in [0.3, 0.4) is 0 Å². The third kappa shape index (κ3) is 5.26. The Hall–Kier alpha value is -2.48. The fourth-order valence-electron chi connectivity index (χ4n) is 2.88. The van der Waals surface area contributed by atoms with E-state index in [9.17, 15) is 9.59 Å². The Morgan fingerprint density at radius 3 is 2.74 bits per heavy atom. The molecule has 0 atom stereocenters. The van der Waals surface area contributed by atoms with Crippen molar-refractivity contribution in [3.63, 3.8) is 0 Å². The van der Waals surface area contributed by atoms with Gasteiger partial charge in [0.2, 0.25) is 0 Å². The lowest BCUT2D eigenvalue weighted by Gasteiger charge is -2.31. The van der Waals surface area contributed by atoms with Gasteiger partial charge in [0, 0.05) is 23.6 Å². The SMILES string of the molecule is COC(=O)N1CCC(NC(=O)c2ccc(COc3cccc(Br)c3)o2)CC1. The Morgan fingerprint density at radius 2 is 2.04 bits per heavy atom. The summed E-state index contributed by atoms with van der Waals surface area (Å²) < 4.78 is 16.9. The Morgan fingerprint density at radius 1 is 1.26 bits per heavy atom. The first-order valence-electron chi connectivity index (χ1n) is 8.66. The van der Waals surface area contributed by atoms with Crippen LogP contribution in [0, 0.1) is 0 Å². The molecule has 1 aliphatic heterocycles. The van der Waals surface area contributed by atoms with Gasteiger partial charge in [0.1, 0.15) is 18.1 Å². The van der Waals surface area contributed by atoms with E-state index in [0.717, 1.165) is 4.47 Å². The van der Waals surface area contributed by atoms with E-state index in [-0.39, 0.29) is 30.4 Å². The molecule has 1 saturated heterocycles. The van der Waals surface area contributed by atoms with E-state index in [1.807, 2.05) is 24.3 Å². The van der Waals surface area contributed by atoms with E-state index in [1.165, 1.54) is 7.11 Å². The highest BCUT2D eigenvalue weighted by Crippen LogP contribution is 2.20. The highest BCUT2D eigenvalue weighted by Gasteiger charge is 2.25. The number of halogens is 1. The molecule has 0 bridgehead atoms. The Labute approximate surface area is 165 Å². The summed E-state index contributed by atoms with van der Waals surface area (Å²) in [5, 5.41) is 2.95. The fraction of sp³-hybridized carbons (Fsp3) is 0.368. The molecule has 0 unspecified atom stereocenters. The molecule has 2 aromatic rings. The van der Waals surface area contributed by atoms with Crippen LogP contribution >= 0.6 is 15.9 Å². The van der Waals surface area contributed by atoms with Crippen molar-refractivity contribution in [2.75, 3.05) is 20.2 Å². The summed E-state index contributed by atoms with van der Waals surface area (Å²) in [5.74, 6) is 1.27. The maximum absolute atomic E-state index is 12.4. The standard InChI is InChI=1S/C19H21BrN2O5/c1-25-19(24)22-9-7-14(8-10-22)21-18(23)17-6-5-16(27-17)12-26-15-4-2-3-13(20)11-15/h2-6,11,14H,7-10,12H2,1H3,(H,21,23). The number of likely N-dealkylation sites (tertiary alicyclic amines) is 1. The highest BCUT2D eigenvalue weighted by molar-refractivity contribution is 9.10. The number of carbonyl (C=O) groups excluding carboxylic acids is 2. The van der Waals surface area contributed by atoms with Crippen molar-refractivity contribution in [2.45, 2.75) is 25.5 Å². The molecule has 1 aromatic heterocycles. The van der Waals surface area contributed by atoms with Crippen LogP contribution in [0.4, 0.5) is 4.79 Å². The molecule has 0 radical (unpaired) electrons. The van der Waals surface area contributed by atoms with Gasteiger partial charge in [-0.2, -0.15) is 0 Å². The summed E-state index contributed by atoms with van der Waals surface area (Å²) in [6.45, 7) is 1.35. The Bertz CT molecular complexity index is 799. The van der Waals surface area contributed by atoms with Crippen molar-refractivity contribution in [3.05, 3.63) is 52.4 Å². The lowest BCUT2D eigenvalue weighted by Crippen LogP contribution is -2.46. The maximum Gasteiger partial charge on any atom is 0.409 e. The number of hydrogen-bond donors (Lipinski definition) is 1. The molecule has 1 fully saturated rings. The number of methoxy groups -OCH3 is 1. The van der Waals surface area contributed by atoms with Crippen molar-refractivity contribution in [2.24, 2.45) is 0 Å². The molecule has 3 rings (SSSR count). The van der Waals surface area contributed by atoms with Crippen LogP contribution in [0.2, 0.25) is 0 Å². The molecule has 7 nitrogen and oxygen atoms in total. The van der Waals surface area contributed by atoms with Crippen molar-refractivity contribution in [1.82, 2.24) is 10.2 Å². The van der Waals surface area contributed by atoms with Crippen LogP contribution in [0.15, 0.2) is 45.3 Å². The number of amides is 2. The molecular formula is C19H21BrN2O5. The molecule has 2 heterocycles. The van der Waals surface area contributed by atoms with Crippen molar-refractivity contribution >= 4 is 27.9 Å². The summed E-state index contributed by atoms with van der Waals surface area (Å²) in [4.78, 5) is 25.5. The van der Waals surface area contributed by atoms with Crippen LogP contribution in [-0.4, -0.2) is 43.1 Å². The zero-order valence-corrected chi connectivity index (χ0v) is 16.5. The van der Waals surface area contributed by atoms with Crippen LogP contribution in [-0.2, 0) is 11.3 Å². The first-order valence-corrected chi connectivity index (χ1v) is 9.45. The lowest BCUT2D eigenvalue weighted by atomic mass is 10.1. The molecule has 8 heteroatoms. The van der Waals surface area contributed by atoms with Crippen LogP contribution < -0.4 is 10.1 Å². The summed E-state index contributed by atoms with van der Waals surface area (Å²) in [6, 6.07) is 10.9. The van der Waals surface area contributed by atoms with Crippen LogP contribution in [0.1, 0.15) is 29.2 Å². The largest absolute Gasteiger partial charge is 0.486 e. The van der Waals surface area contributed by atoms with Crippen molar-refractivity contribution in [3.8, 4) is 5.75 Å². The minimum Gasteiger partial charge on any atom is -0.486 e. The highest BCUT2D eigenvalue weighted by atomic mass is 79.9. The van der Waals surface area contributed by atoms with Crippen LogP contribution in [0.5, 0.6) is 5.75 Å². The summed E-state index contributed by atoms with van der Waals surface area (Å²) in [6.07, 6.45) is 1.03. The third-order valence-electron chi connectivity index (χ3n) is 4.33. The molecule has 2 amide bonds. The monoisotopic (exact) mass is 436 g/mol. The van der Waals surface area contributed by atoms with Gasteiger partial charge in [0.15, 0.2) is 5.76 Å². The summed E-state index contributed by atoms with van der Waals surface area (Å²) >= 11 is 3.39. The second kappa shape index (κ2) is 8.94. The van der Waals surface area contributed by atoms with Gasteiger partial charge in [-0.25, -0.2) is 4.79 Å². The average molecular weight is 437 g/mol. The number of piperidine rings is 1. The summed E-state index contributed by atoms with van der Waals surface area (Å²) in [7, 11) is 1.37. The topological polar surface area (TPSA) is 81.0 Å². The number of furan rings is 1. The van der Waals surface area contributed by atoms with Gasteiger partial charge >= 0.3 is 6.09 Å². The lowest BCUT2D eigenvalue weighted by molar-refractivity contribution is 0.0863. The Balaban J connectivity index is 1.48. The molecule has 27 heavy (non-hydrogen) atoms. The van der Waals surface area contributed by atoms with Crippen molar-refractivity contribution < 1.29 is 23.5 Å². The zero-order valence-electron chi connectivity index (χ0n) is 14.9. The molecule has 1 aromatic carbocycles. The number of carbonyl (C=O) groups is 2. The molecule has 144 valence electrons. The van der Waals surface area contributed by atoms with Gasteiger partial charge < -0.3 is 24.1 Å². The second-order valence-corrected chi connectivity index (χ2v) is 7.13. The quantitative estimate of drug-likeness (QED) is 0.774. The molecule has 1 N–H and O–H groups in total. The number of nitrogens with zero attached hydrogens (tertiary/aromatic N) is 1. The number of nitrogens with one attached hydrogen (secondary N) is 1. The number of benzene rings is 1. The van der Waals surface area contributed by atoms with Gasteiger partial charge in [-0.15, -0.1) is 0 Å². The summed E-state index contributed by atoms with van der Waals surface area (Å²) in [5.41, 5.74) is 0. The average Bonchev–Trinajstić information content (AvgIpc) is 3.16. The van der Waals surface area contributed by atoms with Gasteiger partial charge in [0.05, 0.1) is 7.11 Å². The first-order chi connectivity index (χ1) is 13.0. The van der Waals surface area contributed by atoms with E-state index in [0.29, 0.717) is 37.4 Å². The predicted octanol–water partition coefficient (Wildman–Crippen LogP) is 3.58.